The lowest BCUT2D eigenvalue weighted by Gasteiger charge is -2.28. The molecule has 1 atom stereocenters. The largest absolute Gasteiger partial charge is 0.388 e. The first-order chi connectivity index (χ1) is 6.95. The molecule has 2 N–H and O–H groups in total. The van der Waals surface area contributed by atoms with Crippen LogP contribution in [0.1, 0.15) is 33.3 Å². The van der Waals surface area contributed by atoms with Gasteiger partial charge in [-0.25, -0.2) is 0 Å². The van der Waals surface area contributed by atoms with E-state index in [-0.39, 0.29) is 6.04 Å². The van der Waals surface area contributed by atoms with Crippen LogP contribution in [0.4, 0.5) is 5.69 Å². The Labute approximate surface area is 92.3 Å². The molecule has 2 nitrogen and oxygen atoms in total. The lowest BCUT2D eigenvalue weighted by atomic mass is 10.00. The van der Waals surface area contributed by atoms with E-state index in [2.05, 4.69) is 24.4 Å². The fourth-order valence-corrected chi connectivity index (χ4v) is 1.38. The highest BCUT2D eigenvalue weighted by molar-refractivity contribution is 5.52. The van der Waals surface area contributed by atoms with E-state index in [1.165, 1.54) is 5.56 Å². The van der Waals surface area contributed by atoms with E-state index >= 15 is 0 Å². The number of aryl methyl sites for hydroxylation is 1. The van der Waals surface area contributed by atoms with Crippen LogP contribution < -0.4 is 5.32 Å². The van der Waals surface area contributed by atoms with Gasteiger partial charge in [0.05, 0.1) is 11.6 Å². The van der Waals surface area contributed by atoms with Crippen LogP contribution in [0.3, 0.4) is 0 Å². The van der Waals surface area contributed by atoms with Crippen molar-refractivity contribution in [3.8, 4) is 0 Å². The van der Waals surface area contributed by atoms with E-state index in [9.17, 15) is 5.11 Å². The Morgan fingerprint density at radius 3 is 2.47 bits per heavy atom. The summed E-state index contributed by atoms with van der Waals surface area (Å²) in [5.41, 5.74) is 1.70. The summed E-state index contributed by atoms with van der Waals surface area (Å²) >= 11 is 0. The van der Waals surface area contributed by atoms with Crippen LogP contribution in [0.25, 0.3) is 0 Å². The van der Waals surface area contributed by atoms with Gasteiger partial charge in [-0.05, 0) is 38.8 Å². The van der Waals surface area contributed by atoms with Gasteiger partial charge in [0.15, 0.2) is 0 Å². The van der Waals surface area contributed by atoms with Crippen molar-refractivity contribution in [2.75, 3.05) is 5.32 Å². The first-order valence-electron chi connectivity index (χ1n) is 5.52. The predicted octanol–water partition coefficient (Wildman–Crippen LogP) is 2.82. The molecule has 1 unspecified atom stereocenters. The zero-order valence-electron chi connectivity index (χ0n) is 10.0. The normalized spacial score (nSPS) is 13.7. The number of nitrogens with one attached hydrogen (secondary N) is 1. The molecule has 0 radical (unpaired) electrons. The summed E-state index contributed by atoms with van der Waals surface area (Å²) in [5, 5.41) is 13.2. The molecule has 0 aliphatic carbocycles. The number of hydrogen-bond donors (Lipinski definition) is 2. The Bertz CT molecular complexity index is 315. The molecule has 0 aromatic heterocycles. The molecule has 1 aromatic carbocycles. The Kier molecular flexibility index (Phi) is 3.75. The molecule has 0 saturated carbocycles. The zero-order chi connectivity index (χ0) is 11.5. The predicted molar refractivity (Wildman–Crippen MR) is 65.2 cm³/mol. The van der Waals surface area contributed by atoms with Crippen molar-refractivity contribution in [3.05, 3.63) is 29.8 Å². The minimum atomic E-state index is -0.707. The molecule has 0 bridgehead atoms. The molecule has 0 amide bonds. The van der Waals surface area contributed by atoms with Crippen LogP contribution in [-0.2, 0) is 6.42 Å². The molecule has 0 aliphatic rings. The van der Waals surface area contributed by atoms with Gasteiger partial charge >= 0.3 is 0 Å². The third-order valence-corrected chi connectivity index (χ3v) is 2.83. The van der Waals surface area contributed by atoms with Gasteiger partial charge in [0.2, 0.25) is 0 Å². The lowest BCUT2D eigenvalue weighted by Crippen LogP contribution is -2.39. The average Bonchev–Trinajstić information content (AvgIpc) is 2.17. The standard InChI is InChI=1S/C13H21NO/c1-5-11-8-6-7-9-12(11)14-10(2)13(3,4)15/h6-10,14-15H,5H2,1-4H3. The quantitative estimate of drug-likeness (QED) is 0.795. The smallest absolute Gasteiger partial charge is 0.0789 e. The molecule has 1 aromatic rings. The maximum atomic E-state index is 9.85. The number of hydrogen-bond acceptors (Lipinski definition) is 2. The molecule has 0 spiro atoms. The molecule has 84 valence electrons. The Morgan fingerprint density at radius 2 is 1.93 bits per heavy atom. The first-order valence-corrected chi connectivity index (χ1v) is 5.52. The van der Waals surface area contributed by atoms with Crippen LogP contribution in [0, 0.1) is 0 Å². The third-order valence-electron chi connectivity index (χ3n) is 2.83. The van der Waals surface area contributed by atoms with Crippen molar-refractivity contribution >= 4 is 5.69 Å². The van der Waals surface area contributed by atoms with Gasteiger partial charge in [-0.2, -0.15) is 0 Å². The summed E-state index contributed by atoms with van der Waals surface area (Å²) in [6.07, 6.45) is 1.00. The summed E-state index contributed by atoms with van der Waals surface area (Å²) in [6, 6.07) is 8.25. The van der Waals surface area contributed by atoms with Gasteiger partial charge in [0, 0.05) is 5.69 Å². The summed E-state index contributed by atoms with van der Waals surface area (Å²) in [5.74, 6) is 0. The second-order valence-electron chi connectivity index (χ2n) is 4.53. The molecular formula is C13H21NO. The van der Waals surface area contributed by atoms with E-state index in [0.29, 0.717) is 0 Å². The van der Waals surface area contributed by atoms with Gasteiger partial charge in [0.1, 0.15) is 0 Å². The number of para-hydroxylation sites is 1. The Balaban J connectivity index is 2.80. The van der Waals surface area contributed by atoms with Crippen molar-refractivity contribution in [2.45, 2.75) is 45.8 Å². The highest BCUT2D eigenvalue weighted by atomic mass is 16.3. The van der Waals surface area contributed by atoms with Crippen molar-refractivity contribution in [3.63, 3.8) is 0 Å². The Hall–Kier alpha value is -1.02. The molecule has 0 fully saturated rings. The highest BCUT2D eigenvalue weighted by Crippen LogP contribution is 2.19. The van der Waals surface area contributed by atoms with E-state index in [1.54, 1.807) is 0 Å². The van der Waals surface area contributed by atoms with E-state index in [1.807, 2.05) is 32.9 Å². The summed E-state index contributed by atoms with van der Waals surface area (Å²) in [4.78, 5) is 0. The van der Waals surface area contributed by atoms with Crippen molar-refractivity contribution in [2.24, 2.45) is 0 Å². The van der Waals surface area contributed by atoms with Crippen LogP contribution >= 0.6 is 0 Å². The van der Waals surface area contributed by atoms with Gasteiger partial charge in [-0.3, -0.25) is 0 Å². The molecule has 0 saturated heterocycles. The minimum Gasteiger partial charge on any atom is -0.388 e. The van der Waals surface area contributed by atoms with Gasteiger partial charge in [0.25, 0.3) is 0 Å². The number of aliphatic hydroxyl groups is 1. The molecule has 15 heavy (non-hydrogen) atoms. The number of benzene rings is 1. The fourth-order valence-electron chi connectivity index (χ4n) is 1.38. The third kappa shape index (κ3) is 3.24. The first kappa shape index (κ1) is 12.1. The monoisotopic (exact) mass is 207 g/mol. The number of rotatable bonds is 4. The molecule has 0 heterocycles. The summed E-state index contributed by atoms with van der Waals surface area (Å²) in [6.45, 7) is 7.76. The van der Waals surface area contributed by atoms with Crippen LogP contribution in [0.2, 0.25) is 0 Å². The van der Waals surface area contributed by atoms with E-state index in [4.69, 9.17) is 0 Å². The van der Waals surface area contributed by atoms with Crippen LogP contribution in [0.15, 0.2) is 24.3 Å². The van der Waals surface area contributed by atoms with E-state index < -0.39 is 5.60 Å². The van der Waals surface area contributed by atoms with Gasteiger partial charge in [-0.1, -0.05) is 25.1 Å². The second-order valence-corrected chi connectivity index (χ2v) is 4.53. The second kappa shape index (κ2) is 4.67. The van der Waals surface area contributed by atoms with E-state index in [0.717, 1.165) is 12.1 Å². The maximum absolute atomic E-state index is 9.85. The fraction of sp³-hybridized carbons (Fsp3) is 0.538. The van der Waals surface area contributed by atoms with Gasteiger partial charge < -0.3 is 10.4 Å². The van der Waals surface area contributed by atoms with Crippen molar-refractivity contribution in [1.29, 1.82) is 0 Å². The lowest BCUT2D eigenvalue weighted by molar-refractivity contribution is 0.0649. The average molecular weight is 207 g/mol. The summed E-state index contributed by atoms with van der Waals surface area (Å²) < 4.78 is 0. The molecule has 1 rings (SSSR count). The minimum absolute atomic E-state index is 0.0326. The molecular weight excluding hydrogens is 186 g/mol. The number of anilines is 1. The highest BCUT2D eigenvalue weighted by Gasteiger charge is 2.22. The SMILES string of the molecule is CCc1ccccc1NC(C)C(C)(C)O. The maximum Gasteiger partial charge on any atom is 0.0789 e. The zero-order valence-corrected chi connectivity index (χ0v) is 10.0. The topological polar surface area (TPSA) is 32.3 Å². The van der Waals surface area contributed by atoms with Crippen LogP contribution in [0.5, 0.6) is 0 Å². The Morgan fingerprint density at radius 1 is 1.33 bits per heavy atom. The van der Waals surface area contributed by atoms with Gasteiger partial charge in [-0.15, -0.1) is 0 Å². The van der Waals surface area contributed by atoms with Crippen molar-refractivity contribution in [1.82, 2.24) is 0 Å². The van der Waals surface area contributed by atoms with Crippen LogP contribution in [-0.4, -0.2) is 16.7 Å². The van der Waals surface area contributed by atoms with Crippen molar-refractivity contribution < 1.29 is 5.11 Å². The molecule has 0 aliphatic heterocycles. The summed E-state index contributed by atoms with van der Waals surface area (Å²) in [7, 11) is 0. The molecule has 2 heteroatoms.